The lowest BCUT2D eigenvalue weighted by atomic mass is 9.59. The van der Waals surface area contributed by atoms with Crippen LogP contribution in [-0.2, 0) is 35.9 Å². The van der Waals surface area contributed by atoms with Gasteiger partial charge in [0, 0.05) is 35.5 Å². The number of hydrogen-bond donors (Lipinski definition) is 6. The number of aliphatic hydroxyl groups excluding tert-OH is 1. The minimum atomic E-state index is -0.993. The predicted molar refractivity (Wildman–Crippen MR) is 182 cm³/mol. The van der Waals surface area contributed by atoms with Crippen molar-refractivity contribution >= 4 is 11.6 Å². The third-order valence-corrected chi connectivity index (χ3v) is 10.5. The highest BCUT2D eigenvalue weighted by atomic mass is 16.5. The second-order valence-corrected chi connectivity index (χ2v) is 13.2. The number of carbonyl (C=O) groups is 1. The summed E-state index contributed by atoms with van der Waals surface area (Å²) in [6.45, 7) is 0.549. The van der Waals surface area contributed by atoms with Gasteiger partial charge in [-0.2, -0.15) is 0 Å². The van der Waals surface area contributed by atoms with E-state index < -0.39 is 17.4 Å². The van der Waals surface area contributed by atoms with Crippen LogP contribution in [0.1, 0.15) is 66.5 Å². The van der Waals surface area contributed by atoms with Gasteiger partial charge in [0.15, 0.2) is 23.0 Å². The number of aliphatic hydroxyl groups is 1. The highest BCUT2D eigenvalue weighted by Crippen LogP contribution is 2.54. The first kappa shape index (κ1) is 33.2. The van der Waals surface area contributed by atoms with Crippen molar-refractivity contribution in [1.82, 2.24) is 9.97 Å². The van der Waals surface area contributed by atoms with Gasteiger partial charge >= 0.3 is 0 Å². The summed E-state index contributed by atoms with van der Waals surface area (Å²) in [5.41, 5.74) is 10.1. The number of phenols is 3. The maximum Gasteiger partial charge on any atom is 0.200 e. The molecule has 1 aliphatic heterocycles. The lowest BCUT2D eigenvalue weighted by molar-refractivity contribution is -0.131. The molecule has 2 aromatic heterocycles. The van der Waals surface area contributed by atoms with Gasteiger partial charge in [-0.05, 0) is 116 Å². The van der Waals surface area contributed by atoms with E-state index in [2.05, 4.69) is 16.0 Å². The van der Waals surface area contributed by atoms with Gasteiger partial charge < -0.3 is 40.6 Å². The molecule has 2 aliphatic rings. The van der Waals surface area contributed by atoms with Gasteiger partial charge in [-0.1, -0.05) is 12.5 Å². The Balaban J connectivity index is 1.38. The summed E-state index contributed by atoms with van der Waals surface area (Å²) in [5, 5.41) is 43.2. The Morgan fingerprint density at radius 3 is 2.75 bits per heavy atom. The number of nitrogens with zero attached hydrogens (tertiary/aromatic N) is 1. The molecule has 4 aromatic rings. The summed E-state index contributed by atoms with van der Waals surface area (Å²) in [4.78, 5) is 22.3. The topological polar surface area (TPSA) is 171 Å². The van der Waals surface area contributed by atoms with Crippen LogP contribution >= 0.6 is 0 Å². The van der Waals surface area contributed by atoms with E-state index in [9.17, 15) is 25.2 Å². The number of nitrogens with one attached hydrogen (secondary N) is 1. The number of H-pyrrole nitrogens is 1. The quantitative estimate of drug-likeness (QED) is 0.101. The number of aromatic amines is 1. The molecule has 6 rings (SSSR count). The molecule has 0 amide bonds. The van der Waals surface area contributed by atoms with E-state index in [0.717, 1.165) is 48.1 Å². The zero-order chi connectivity index (χ0) is 33.8. The molecule has 0 saturated heterocycles. The molecule has 0 bridgehead atoms. The van der Waals surface area contributed by atoms with Gasteiger partial charge in [0.2, 0.25) is 5.75 Å². The lowest BCUT2D eigenvalue weighted by Crippen LogP contribution is -2.49. The molecule has 10 nitrogen and oxygen atoms in total. The molecular formula is C38H45N3O7. The van der Waals surface area contributed by atoms with E-state index in [1.165, 1.54) is 13.2 Å². The molecule has 1 aliphatic carbocycles. The van der Waals surface area contributed by atoms with Gasteiger partial charge in [0.05, 0.1) is 25.7 Å². The molecule has 4 atom stereocenters. The Kier molecular flexibility index (Phi) is 9.82. The number of methoxy groups -OCH3 is 1. The number of rotatable bonds is 13. The molecule has 10 heteroatoms. The van der Waals surface area contributed by atoms with Crippen LogP contribution in [0.4, 0.5) is 5.82 Å². The number of benzene rings is 2. The SMILES string of the molecule is COc1cc(CCC(=O)[C@H]([C@H](O)CCc2ccc(O)c3c2CCCO3)[C@]2(c3ccnc(N)c3)CCC[C@H]2Cc2ccc[nH]2)cc(O)c1O. The number of aryl methyl sites for hydroxylation is 2. The second kappa shape index (κ2) is 14.2. The van der Waals surface area contributed by atoms with Crippen molar-refractivity contribution in [2.75, 3.05) is 19.5 Å². The van der Waals surface area contributed by atoms with Crippen LogP contribution in [-0.4, -0.2) is 56.0 Å². The average molecular weight is 656 g/mol. The largest absolute Gasteiger partial charge is 0.504 e. The van der Waals surface area contributed by atoms with Crippen molar-refractivity contribution in [3.05, 3.63) is 88.9 Å². The number of nitrogen functional groups attached to an aromatic ring is 1. The molecule has 7 N–H and O–H groups in total. The third kappa shape index (κ3) is 6.54. The van der Waals surface area contributed by atoms with Crippen LogP contribution in [0.5, 0.6) is 28.7 Å². The fraction of sp³-hybridized carbons (Fsp3) is 0.421. The average Bonchev–Trinajstić information content (AvgIpc) is 3.76. The Bertz CT molecular complexity index is 1740. The number of pyridine rings is 1. The number of aromatic nitrogens is 2. The van der Waals surface area contributed by atoms with Gasteiger partial charge in [-0.15, -0.1) is 0 Å². The molecule has 48 heavy (non-hydrogen) atoms. The summed E-state index contributed by atoms with van der Waals surface area (Å²) in [5.74, 6) is -0.367. The third-order valence-electron chi connectivity index (χ3n) is 10.5. The minimum Gasteiger partial charge on any atom is -0.504 e. The van der Waals surface area contributed by atoms with Crippen molar-refractivity contribution < 1.29 is 34.7 Å². The Labute approximate surface area is 280 Å². The number of hydrogen-bond acceptors (Lipinski definition) is 9. The summed E-state index contributed by atoms with van der Waals surface area (Å²) >= 11 is 0. The molecule has 1 saturated carbocycles. The van der Waals surface area contributed by atoms with Crippen LogP contribution in [0.3, 0.4) is 0 Å². The second-order valence-electron chi connectivity index (χ2n) is 13.2. The van der Waals surface area contributed by atoms with Crippen molar-refractivity contribution in [3.8, 4) is 28.7 Å². The normalized spacial score (nSPS) is 20.1. The van der Waals surface area contributed by atoms with Crippen LogP contribution in [0.2, 0.25) is 0 Å². The maximum absolute atomic E-state index is 14.7. The number of ketones is 1. The first-order valence-electron chi connectivity index (χ1n) is 16.8. The van der Waals surface area contributed by atoms with E-state index in [-0.39, 0.29) is 47.5 Å². The summed E-state index contributed by atoms with van der Waals surface area (Å²) in [6.07, 6.45) is 8.61. The molecule has 2 aromatic carbocycles. The Morgan fingerprint density at radius 1 is 1.12 bits per heavy atom. The zero-order valence-electron chi connectivity index (χ0n) is 27.3. The van der Waals surface area contributed by atoms with E-state index in [0.29, 0.717) is 49.4 Å². The minimum absolute atomic E-state index is 0.0363. The molecule has 0 unspecified atom stereocenters. The number of carbonyl (C=O) groups excluding carboxylic acids is 1. The fourth-order valence-corrected chi connectivity index (χ4v) is 8.29. The van der Waals surface area contributed by atoms with E-state index in [1.807, 2.05) is 30.5 Å². The van der Waals surface area contributed by atoms with Gasteiger partial charge in [-0.25, -0.2) is 4.98 Å². The number of phenolic OH excluding ortho intramolecular Hbond substituents is 3. The fourth-order valence-electron chi connectivity index (χ4n) is 8.29. The zero-order valence-corrected chi connectivity index (χ0v) is 27.3. The highest BCUT2D eigenvalue weighted by molar-refractivity contribution is 5.84. The molecule has 254 valence electrons. The van der Waals surface area contributed by atoms with Crippen LogP contribution in [0.25, 0.3) is 0 Å². The summed E-state index contributed by atoms with van der Waals surface area (Å²) in [7, 11) is 1.40. The van der Waals surface area contributed by atoms with Crippen molar-refractivity contribution in [3.63, 3.8) is 0 Å². The number of nitrogens with two attached hydrogens (primary N) is 1. The van der Waals surface area contributed by atoms with Crippen molar-refractivity contribution in [1.29, 1.82) is 0 Å². The van der Waals surface area contributed by atoms with Crippen LogP contribution < -0.4 is 15.2 Å². The highest BCUT2D eigenvalue weighted by Gasteiger charge is 2.54. The smallest absolute Gasteiger partial charge is 0.200 e. The van der Waals surface area contributed by atoms with E-state index in [1.54, 1.807) is 18.3 Å². The molecule has 0 spiro atoms. The molecule has 1 fully saturated rings. The van der Waals surface area contributed by atoms with Gasteiger partial charge in [0.1, 0.15) is 11.6 Å². The monoisotopic (exact) mass is 655 g/mol. The number of aromatic hydroxyl groups is 3. The first-order valence-corrected chi connectivity index (χ1v) is 16.8. The van der Waals surface area contributed by atoms with Crippen molar-refractivity contribution in [2.45, 2.75) is 75.7 Å². The van der Waals surface area contributed by atoms with E-state index >= 15 is 0 Å². The first-order chi connectivity index (χ1) is 23.2. The maximum atomic E-state index is 14.7. The Hall–Kier alpha value is -4.70. The van der Waals surface area contributed by atoms with Crippen molar-refractivity contribution in [2.24, 2.45) is 11.8 Å². The standard InChI is InChI=1S/C38H45N3O7/c1-47-33-20-23(19-32(45)36(33)46)8-11-29(42)35(30(43)12-9-24-10-13-31(44)37-28(24)7-4-18-48-37)38(26-14-17-41-34(39)22-26)15-2-5-25(38)21-27-6-3-16-40-27/h3,6,10,13-14,16-17,19-20,22,25,30,35,40,43-46H,2,4-5,7-9,11-12,15,18,21H2,1H3,(H2,39,41)/t25-,30+,35+,38+/m0/s1. The summed E-state index contributed by atoms with van der Waals surface area (Å²) < 4.78 is 11.0. The van der Waals surface area contributed by atoms with Gasteiger partial charge in [-0.3, -0.25) is 4.79 Å². The van der Waals surface area contributed by atoms with Crippen LogP contribution in [0, 0.1) is 11.8 Å². The molecular weight excluding hydrogens is 610 g/mol. The Morgan fingerprint density at radius 2 is 1.98 bits per heavy atom. The van der Waals surface area contributed by atoms with Crippen LogP contribution in [0.15, 0.2) is 60.9 Å². The number of ether oxygens (including phenoxy) is 2. The van der Waals surface area contributed by atoms with E-state index in [4.69, 9.17) is 15.2 Å². The lowest BCUT2D eigenvalue weighted by Gasteiger charge is -2.45. The number of anilines is 1. The molecule has 0 radical (unpaired) electrons. The number of fused-ring (bicyclic) bond motifs is 1. The van der Waals surface area contributed by atoms with Gasteiger partial charge in [0.25, 0.3) is 0 Å². The number of Topliss-reactive ketones (excluding diaryl/α,β-unsaturated/α-hetero) is 1. The summed E-state index contributed by atoms with van der Waals surface area (Å²) in [6, 6.07) is 14.4. The predicted octanol–water partition coefficient (Wildman–Crippen LogP) is 5.53. The molecule has 3 heterocycles.